The molecule has 20 heavy (non-hydrogen) atoms. The van der Waals surface area contributed by atoms with Crippen LogP contribution < -0.4 is 0 Å². The molecule has 0 amide bonds. The molecule has 2 rings (SSSR count). The van der Waals surface area contributed by atoms with Crippen molar-refractivity contribution in [2.45, 2.75) is 51.1 Å². The molecule has 112 valence electrons. The second-order valence-corrected chi connectivity index (χ2v) is 6.43. The Morgan fingerprint density at radius 3 is 2.40 bits per heavy atom. The molecule has 1 fully saturated rings. The van der Waals surface area contributed by atoms with Crippen LogP contribution >= 0.6 is 15.9 Å². The maximum absolute atomic E-state index is 13.2. The van der Waals surface area contributed by atoms with Gasteiger partial charge in [0.05, 0.1) is 5.56 Å². The average Bonchev–Trinajstić information content (AvgIpc) is 2.41. The summed E-state index contributed by atoms with van der Waals surface area (Å²) in [5.74, 6) is 0.423. The first-order chi connectivity index (χ1) is 9.50. The number of benzene rings is 1. The highest BCUT2D eigenvalue weighted by atomic mass is 79.9. The third-order valence-corrected chi connectivity index (χ3v) is 4.49. The first-order valence-corrected chi connectivity index (χ1v) is 8.38. The molecule has 0 aromatic heterocycles. The summed E-state index contributed by atoms with van der Waals surface area (Å²) in [6.07, 6.45) is 2.65. The largest absolute Gasteiger partial charge is 0.416 e. The summed E-state index contributed by atoms with van der Waals surface area (Å²) < 4.78 is 39.6. The molecule has 0 nitrogen and oxygen atoms in total. The minimum Gasteiger partial charge on any atom is -0.166 e. The lowest BCUT2D eigenvalue weighted by Crippen LogP contribution is -2.15. The summed E-state index contributed by atoms with van der Waals surface area (Å²) in [5.41, 5.74) is 0.797. The van der Waals surface area contributed by atoms with E-state index in [0.29, 0.717) is 29.7 Å². The van der Waals surface area contributed by atoms with Crippen LogP contribution in [-0.2, 0) is 19.0 Å². The minimum atomic E-state index is -4.24. The maximum atomic E-state index is 13.2. The highest BCUT2D eigenvalue weighted by molar-refractivity contribution is 9.09. The smallest absolute Gasteiger partial charge is 0.166 e. The fourth-order valence-electron chi connectivity index (χ4n) is 3.03. The molecule has 0 N–H and O–H groups in total. The molecule has 0 atom stereocenters. The van der Waals surface area contributed by atoms with Gasteiger partial charge in [0, 0.05) is 5.33 Å². The van der Waals surface area contributed by atoms with E-state index in [-0.39, 0.29) is 0 Å². The normalized spacial score (nSPS) is 17.4. The zero-order valence-corrected chi connectivity index (χ0v) is 13.1. The number of hydrogen-bond acceptors (Lipinski definition) is 0. The van der Waals surface area contributed by atoms with Crippen LogP contribution in [0, 0.1) is 5.92 Å². The van der Waals surface area contributed by atoms with Crippen molar-refractivity contribution < 1.29 is 13.2 Å². The SMILES string of the molecule is FC(F)(F)c1cc(CCBr)ccc1CC1CCCCC1. The molecule has 1 aliphatic carbocycles. The summed E-state index contributed by atoms with van der Waals surface area (Å²) in [4.78, 5) is 0. The quantitative estimate of drug-likeness (QED) is 0.606. The van der Waals surface area contributed by atoms with Gasteiger partial charge in [-0.25, -0.2) is 0 Å². The van der Waals surface area contributed by atoms with Crippen LogP contribution in [0.25, 0.3) is 0 Å². The zero-order chi connectivity index (χ0) is 14.6. The fraction of sp³-hybridized carbons (Fsp3) is 0.625. The van der Waals surface area contributed by atoms with Crippen LogP contribution in [0.5, 0.6) is 0 Å². The fourth-order valence-corrected chi connectivity index (χ4v) is 3.49. The Hall–Kier alpha value is -0.510. The Labute approximate surface area is 126 Å². The van der Waals surface area contributed by atoms with Crippen LogP contribution in [0.1, 0.15) is 48.8 Å². The monoisotopic (exact) mass is 348 g/mol. The summed E-state index contributed by atoms with van der Waals surface area (Å²) in [6, 6.07) is 4.86. The molecule has 1 aromatic carbocycles. The zero-order valence-electron chi connectivity index (χ0n) is 11.5. The molecular weight excluding hydrogens is 329 g/mol. The molecule has 0 spiro atoms. The first kappa shape index (κ1) is 15.9. The van der Waals surface area contributed by atoms with Crippen molar-refractivity contribution in [3.05, 3.63) is 34.9 Å². The third-order valence-electron chi connectivity index (χ3n) is 4.10. The van der Waals surface area contributed by atoms with E-state index in [4.69, 9.17) is 0 Å². The van der Waals surface area contributed by atoms with Gasteiger partial charge < -0.3 is 0 Å². The summed E-state index contributed by atoms with van der Waals surface area (Å²) >= 11 is 3.28. The molecule has 1 aromatic rings. The predicted octanol–water partition coefficient (Wildman–Crippen LogP) is 5.77. The number of halogens is 4. The third kappa shape index (κ3) is 4.24. The van der Waals surface area contributed by atoms with Gasteiger partial charge in [-0.1, -0.05) is 60.2 Å². The molecule has 0 radical (unpaired) electrons. The number of aryl methyl sites for hydroxylation is 1. The van der Waals surface area contributed by atoms with Crippen molar-refractivity contribution in [1.82, 2.24) is 0 Å². The van der Waals surface area contributed by atoms with Crippen LogP contribution in [0.3, 0.4) is 0 Å². The first-order valence-electron chi connectivity index (χ1n) is 7.25. The van der Waals surface area contributed by atoms with Gasteiger partial charge in [0.1, 0.15) is 0 Å². The molecule has 0 bridgehead atoms. The lowest BCUT2D eigenvalue weighted by molar-refractivity contribution is -0.138. The van der Waals surface area contributed by atoms with E-state index < -0.39 is 11.7 Å². The molecule has 0 unspecified atom stereocenters. The van der Waals surface area contributed by atoms with Gasteiger partial charge in [0.2, 0.25) is 0 Å². The van der Waals surface area contributed by atoms with Crippen LogP contribution in [0.2, 0.25) is 0 Å². The Morgan fingerprint density at radius 1 is 1.10 bits per heavy atom. The van der Waals surface area contributed by atoms with Gasteiger partial charge in [-0.2, -0.15) is 13.2 Å². The standard InChI is InChI=1S/C16H20BrF3/c17-9-8-13-6-7-14(15(11-13)16(18,19)20)10-12-4-2-1-3-5-12/h6-7,11-12H,1-5,8-10H2. The van der Waals surface area contributed by atoms with E-state index in [1.165, 1.54) is 12.5 Å². The van der Waals surface area contributed by atoms with Crippen LogP contribution in [0.15, 0.2) is 18.2 Å². The van der Waals surface area contributed by atoms with Gasteiger partial charge in [-0.05, 0) is 36.0 Å². The second kappa shape index (κ2) is 6.97. The Morgan fingerprint density at radius 2 is 1.80 bits per heavy atom. The van der Waals surface area contributed by atoms with Gasteiger partial charge in [0.25, 0.3) is 0 Å². The Bertz CT molecular complexity index is 434. The van der Waals surface area contributed by atoms with Gasteiger partial charge in [-0.3, -0.25) is 0 Å². The van der Waals surface area contributed by atoms with E-state index >= 15 is 0 Å². The van der Waals surface area contributed by atoms with E-state index in [2.05, 4.69) is 15.9 Å². The maximum Gasteiger partial charge on any atom is 0.416 e. The van der Waals surface area contributed by atoms with E-state index in [1.807, 2.05) is 6.07 Å². The predicted molar refractivity (Wildman–Crippen MR) is 79.2 cm³/mol. The molecule has 1 aliphatic rings. The van der Waals surface area contributed by atoms with E-state index in [9.17, 15) is 13.2 Å². The van der Waals surface area contributed by atoms with E-state index in [1.54, 1.807) is 6.07 Å². The van der Waals surface area contributed by atoms with Crippen molar-refractivity contribution in [1.29, 1.82) is 0 Å². The van der Waals surface area contributed by atoms with Gasteiger partial charge >= 0.3 is 6.18 Å². The highest BCUT2D eigenvalue weighted by Gasteiger charge is 2.34. The number of alkyl halides is 4. The summed E-state index contributed by atoms with van der Waals surface area (Å²) in [7, 11) is 0. The van der Waals surface area contributed by atoms with Crippen molar-refractivity contribution in [3.63, 3.8) is 0 Å². The Kier molecular flexibility index (Phi) is 5.53. The molecular formula is C16H20BrF3. The van der Waals surface area contributed by atoms with Gasteiger partial charge in [0.15, 0.2) is 0 Å². The van der Waals surface area contributed by atoms with Crippen LogP contribution in [-0.4, -0.2) is 5.33 Å². The van der Waals surface area contributed by atoms with Crippen LogP contribution in [0.4, 0.5) is 13.2 Å². The summed E-state index contributed by atoms with van der Waals surface area (Å²) in [5, 5.41) is 0.687. The van der Waals surface area contributed by atoms with Crippen molar-refractivity contribution in [3.8, 4) is 0 Å². The molecule has 0 saturated heterocycles. The molecule has 1 saturated carbocycles. The Balaban J connectivity index is 2.21. The summed E-state index contributed by atoms with van der Waals surface area (Å²) in [6.45, 7) is 0. The molecule has 0 heterocycles. The lowest BCUT2D eigenvalue weighted by Gasteiger charge is -2.23. The van der Waals surface area contributed by atoms with Crippen molar-refractivity contribution >= 4 is 15.9 Å². The number of hydrogen-bond donors (Lipinski definition) is 0. The van der Waals surface area contributed by atoms with Gasteiger partial charge in [-0.15, -0.1) is 0 Å². The van der Waals surface area contributed by atoms with Crippen molar-refractivity contribution in [2.24, 2.45) is 5.92 Å². The second-order valence-electron chi connectivity index (χ2n) is 5.64. The van der Waals surface area contributed by atoms with Crippen molar-refractivity contribution in [2.75, 3.05) is 5.33 Å². The highest BCUT2D eigenvalue weighted by Crippen LogP contribution is 2.36. The molecule has 0 aliphatic heterocycles. The number of rotatable bonds is 4. The average molecular weight is 349 g/mol. The lowest BCUT2D eigenvalue weighted by atomic mass is 9.83. The van der Waals surface area contributed by atoms with E-state index in [0.717, 1.165) is 31.2 Å². The minimum absolute atomic E-state index is 0.423. The topological polar surface area (TPSA) is 0 Å². The molecule has 4 heteroatoms.